The first kappa shape index (κ1) is 8.71. The van der Waals surface area contributed by atoms with E-state index >= 15 is 0 Å². The van der Waals surface area contributed by atoms with Crippen molar-refractivity contribution in [2.75, 3.05) is 0 Å². The molecule has 5 nitrogen and oxygen atoms in total. The minimum Gasteiger partial charge on any atom is -0.390 e. The second-order valence-corrected chi connectivity index (χ2v) is 2.86. The molecule has 0 spiro atoms. The molecule has 0 aliphatic rings. The van der Waals surface area contributed by atoms with E-state index in [1.54, 1.807) is 28.8 Å². The zero-order valence-corrected chi connectivity index (χ0v) is 7.34. The Morgan fingerprint density at radius 2 is 2.36 bits per heavy atom. The fraction of sp³-hybridized carbons (Fsp3) is 0.111. The summed E-state index contributed by atoms with van der Waals surface area (Å²) in [6.45, 7) is -0.292. The second-order valence-electron chi connectivity index (χ2n) is 2.86. The van der Waals surface area contributed by atoms with E-state index in [-0.39, 0.29) is 12.3 Å². The van der Waals surface area contributed by atoms with Gasteiger partial charge < -0.3 is 10.8 Å². The highest BCUT2D eigenvalue weighted by molar-refractivity contribution is 5.93. The molecule has 14 heavy (non-hydrogen) atoms. The van der Waals surface area contributed by atoms with Gasteiger partial charge in [-0.2, -0.15) is 0 Å². The number of imidazole rings is 1. The van der Waals surface area contributed by atoms with E-state index in [2.05, 4.69) is 4.98 Å². The molecule has 0 fully saturated rings. The second kappa shape index (κ2) is 3.12. The number of primary amides is 1. The Kier molecular flexibility index (Phi) is 1.94. The Balaban J connectivity index is 2.81. The van der Waals surface area contributed by atoms with Crippen LogP contribution in [0.5, 0.6) is 0 Å². The zero-order chi connectivity index (χ0) is 10.1. The highest BCUT2D eigenvalue weighted by atomic mass is 16.3. The predicted octanol–water partition coefficient (Wildman–Crippen LogP) is -0.0745. The highest BCUT2D eigenvalue weighted by Gasteiger charge is 2.14. The maximum Gasteiger partial charge on any atom is 0.267 e. The number of nitrogens with two attached hydrogens (primary N) is 1. The number of aromatic nitrogens is 2. The average Bonchev–Trinajstić information content (AvgIpc) is 2.55. The number of hydrogen-bond acceptors (Lipinski definition) is 3. The maximum atomic E-state index is 11.1. The molecule has 0 bridgehead atoms. The molecule has 3 N–H and O–H groups in total. The summed E-state index contributed by atoms with van der Waals surface area (Å²) in [5.74, 6) is -0.590. The lowest BCUT2D eigenvalue weighted by Crippen LogP contribution is -2.15. The molecule has 0 aliphatic heterocycles. The summed E-state index contributed by atoms with van der Waals surface area (Å²) in [7, 11) is 0. The van der Waals surface area contributed by atoms with E-state index in [0.717, 1.165) is 0 Å². The van der Waals surface area contributed by atoms with Crippen LogP contribution < -0.4 is 5.73 Å². The molecule has 1 amide bonds. The fourth-order valence-corrected chi connectivity index (χ4v) is 1.42. The van der Waals surface area contributed by atoms with E-state index < -0.39 is 5.91 Å². The number of amides is 1. The van der Waals surface area contributed by atoms with Crippen molar-refractivity contribution in [3.63, 3.8) is 0 Å². The third-order valence-electron chi connectivity index (χ3n) is 1.99. The van der Waals surface area contributed by atoms with Gasteiger partial charge in [-0.05, 0) is 12.1 Å². The van der Waals surface area contributed by atoms with Crippen molar-refractivity contribution in [3.8, 4) is 0 Å². The normalized spacial score (nSPS) is 10.6. The number of carbonyl (C=O) groups is 1. The molecule has 0 unspecified atom stereocenters. The first-order valence-corrected chi connectivity index (χ1v) is 4.10. The number of rotatable bonds is 2. The van der Waals surface area contributed by atoms with Gasteiger partial charge in [-0.1, -0.05) is 6.07 Å². The average molecular weight is 191 g/mol. The van der Waals surface area contributed by atoms with Gasteiger partial charge in [0.05, 0.1) is 12.3 Å². The van der Waals surface area contributed by atoms with Gasteiger partial charge in [0.15, 0.2) is 0 Å². The number of aliphatic hydroxyl groups is 1. The van der Waals surface area contributed by atoms with Crippen molar-refractivity contribution < 1.29 is 9.90 Å². The van der Waals surface area contributed by atoms with Gasteiger partial charge in [0.2, 0.25) is 0 Å². The van der Waals surface area contributed by atoms with Crippen LogP contribution in [0.15, 0.2) is 24.4 Å². The van der Waals surface area contributed by atoms with Gasteiger partial charge in [-0.15, -0.1) is 0 Å². The number of pyridine rings is 1. The topological polar surface area (TPSA) is 80.6 Å². The summed E-state index contributed by atoms with van der Waals surface area (Å²) in [6, 6.07) is 5.31. The molecule has 0 saturated heterocycles. The monoisotopic (exact) mass is 191 g/mol. The molecule has 0 aromatic carbocycles. The van der Waals surface area contributed by atoms with Crippen LogP contribution >= 0.6 is 0 Å². The Hall–Kier alpha value is -1.88. The Morgan fingerprint density at radius 3 is 3.00 bits per heavy atom. The van der Waals surface area contributed by atoms with Crippen molar-refractivity contribution in [1.29, 1.82) is 0 Å². The molecule has 0 saturated carbocycles. The first-order chi connectivity index (χ1) is 6.74. The number of carbonyl (C=O) groups excluding carboxylic acids is 1. The van der Waals surface area contributed by atoms with Crippen LogP contribution in [0.1, 0.15) is 16.2 Å². The van der Waals surface area contributed by atoms with Crippen LogP contribution in [0.2, 0.25) is 0 Å². The fourth-order valence-electron chi connectivity index (χ4n) is 1.42. The lowest BCUT2D eigenvalue weighted by atomic mass is 10.3. The van der Waals surface area contributed by atoms with Gasteiger partial charge >= 0.3 is 0 Å². The van der Waals surface area contributed by atoms with Gasteiger partial charge in [0.25, 0.3) is 5.91 Å². The SMILES string of the molecule is NC(=O)c1c(CO)nc2ccccn12. The summed E-state index contributed by atoms with van der Waals surface area (Å²) in [5.41, 5.74) is 6.34. The number of hydrogen-bond donors (Lipinski definition) is 2. The van der Waals surface area contributed by atoms with Crippen LogP contribution in [0.4, 0.5) is 0 Å². The molecular weight excluding hydrogens is 182 g/mol. The molecule has 2 aromatic heterocycles. The van der Waals surface area contributed by atoms with Crippen molar-refractivity contribution in [3.05, 3.63) is 35.8 Å². The van der Waals surface area contributed by atoms with Crippen LogP contribution in [-0.2, 0) is 6.61 Å². The van der Waals surface area contributed by atoms with Gasteiger partial charge in [0.1, 0.15) is 11.3 Å². The molecule has 2 aromatic rings. The molecule has 2 rings (SSSR count). The van der Waals surface area contributed by atoms with E-state index in [1.807, 2.05) is 0 Å². The standard InChI is InChI=1S/C9H9N3O2/c10-9(14)8-6(5-13)11-7-3-1-2-4-12(7)8/h1-4,13H,5H2,(H2,10,14). The Bertz CT molecular complexity index is 490. The molecule has 0 radical (unpaired) electrons. The summed E-state index contributed by atoms with van der Waals surface area (Å²) < 4.78 is 1.56. The van der Waals surface area contributed by atoms with Gasteiger partial charge in [-0.3, -0.25) is 9.20 Å². The Labute approximate surface area is 79.8 Å². The van der Waals surface area contributed by atoms with E-state index in [1.165, 1.54) is 0 Å². The van der Waals surface area contributed by atoms with Gasteiger partial charge in [-0.25, -0.2) is 4.98 Å². The third-order valence-corrected chi connectivity index (χ3v) is 1.99. The lowest BCUT2D eigenvalue weighted by Gasteiger charge is -1.97. The zero-order valence-electron chi connectivity index (χ0n) is 7.34. The molecule has 72 valence electrons. The van der Waals surface area contributed by atoms with Gasteiger partial charge in [0, 0.05) is 6.20 Å². The van der Waals surface area contributed by atoms with Crippen LogP contribution in [0.25, 0.3) is 5.65 Å². The summed E-state index contributed by atoms with van der Waals surface area (Å²) in [5, 5.41) is 8.98. The van der Waals surface area contributed by atoms with Crippen molar-refractivity contribution >= 4 is 11.6 Å². The van der Waals surface area contributed by atoms with Crippen LogP contribution in [0.3, 0.4) is 0 Å². The summed E-state index contributed by atoms with van der Waals surface area (Å²) >= 11 is 0. The largest absolute Gasteiger partial charge is 0.390 e. The predicted molar refractivity (Wildman–Crippen MR) is 49.6 cm³/mol. The van der Waals surface area contributed by atoms with Crippen molar-refractivity contribution in [2.24, 2.45) is 5.73 Å². The molecule has 2 heterocycles. The molecular formula is C9H9N3O2. The Morgan fingerprint density at radius 1 is 1.57 bits per heavy atom. The number of aliphatic hydroxyl groups excluding tert-OH is 1. The number of nitrogens with zero attached hydrogens (tertiary/aromatic N) is 2. The van der Waals surface area contributed by atoms with E-state index in [4.69, 9.17) is 10.8 Å². The number of fused-ring (bicyclic) bond motifs is 1. The summed E-state index contributed by atoms with van der Waals surface area (Å²) in [6.07, 6.45) is 1.68. The third kappa shape index (κ3) is 1.14. The highest BCUT2D eigenvalue weighted by Crippen LogP contribution is 2.11. The minimum atomic E-state index is -0.590. The van der Waals surface area contributed by atoms with E-state index in [0.29, 0.717) is 11.3 Å². The smallest absolute Gasteiger partial charge is 0.267 e. The molecule has 5 heteroatoms. The lowest BCUT2D eigenvalue weighted by molar-refractivity contribution is 0.0991. The van der Waals surface area contributed by atoms with Crippen molar-refractivity contribution in [2.45, 2.75) is 6.61 Å². The van der Waals surface area contributed by atoms with Crippen molar-refractivity contribution in [1.82, 2.24) is 9.38 Å². The molecule has 0 atom stereocenters. The van der Waals surface area contributed by atoms with Crippen LogP contribution in [0, 0.1) is 0 Å². The van der Waals surface area contributed by atoms with Crippen LogP contribution in [-0.4, -0.2) is 20.4 Å². The summed E-state index contributed by atoms with van der Waals surface area (Å²) in [4.78, 5) is 15.2. The first-order valence-electron chi connectivity index (χ1n) is 4.10. The maximum absolute atomic E-state index is 11.1. The van der Waals surface area contributed by atoms with E-state index in [9.17, 15) is 4.79 Å². The quantitative estimate of drug-likeness (QED) is 0.697. The molecule has 0 aliphatic carbocycles. The minimum absolute atomic E-state index is 0.239.